The van der Waals surface area contributed by atoms with Gasteiger partial charge in [0.25, 0.3) is 5.91 Å². The second kappa shape index (κ2) is 8.89. The van der Waals surface area contributed by atoms with Gasteiger partial charge in [0, 0.05) is 18.7 Å². The van der Waals surface area contributed by atoms with Crippen molar-refractivity contribution < 1.29 is 19.1 Å². The molecule has 1 atom stereocenters. The summed E-state index contributed by atoms with van der Waals surface area (Å²) in [5.74, 6) is -1.77. The van der Waals surface area contributed by atoms with Gasteiger partial charge in [0.15, 0.2) is 6.61 Å². The van der Waals surface area contributed by atoms with Crippen LogP contribution in [0.3, 0.4) is 0 Å². The summed E-state index contributed by atoms with van der Waals surface area (Å²) in [6.45, 7) is 1.87. The summed E-state index contributed by atoms with van der Waals surface area (Å²) in [4.78, 5) is 38.1. The van der Waals surface area contributed by atoms with Crippen LogP contribution in [0.2, 0.25) is 5.02 Å². The van der Waals surface area contributed by atoms with Crippen LogP contribution in [0.25, 0.3) is 0 Å². The fraction of sp³-hybridized carbons (Fsp3) is 0.286. The standard InChI is InChI=1S/C21H21ClN2O4/c1-2-14-7-9-16(10-8-14)24-12-15(11-20(24)26)21(27)28-13-19(25)23-18-6-4-3-5-17(18)22/h3-10,15H,2,11-13H2,1H3,(H,23,25)/t15-/m1/s1. The number of halogens is 1. The van der Waals surface area contributed by atoms with E-state index < -0.39 is 24.4 Å². The number of anilines is 2. The minimum atomic E-state index is -0.591. The van der Waals surface area contributed by atoms with Crippen molar-refractivity contribution in [2.45, 2.75) is 19.8 Å². The zero-order valence-corrected chi connectivity index (χ0v) is 16.2. The molecule has 6 nitrogen and oxygen atoms in total. The molecular formula is C21H21ClN2O4. The number of hydrogen-bond donors (Lipinski definition) is 1. The summed E-state index contributed by atoms with van der Waals surface area (Å²) in [5.41, 5.74) is 2.38. The minimum Gasteiger partial charge on any atom is -0.455 e. The highest BCUT2D eigenvalue weighted by Crippen LogP contribution is 2.26. The first-order valence-electron chi connectivity index (χ1n) is 9.08. The number of hydrogen-bond acceptors (Lipinski definition) is 4. The highest BCUT2D eigenvalue weighted by atomic mass is 35.5. The quantitative estimate of drug-likeness (QED) is 0.753. The van der Waals surface area contributed by atoms with Crippen LogP contribution in [0.15, 0.2) is 48.5 Å². The summed E-state index contributed by atoms with van der Waals surface area (Å²) in [6, 6.07) is 14.5. The van der Waals surface area contributed by atoms with Crippen molar-refractivity contribution in [2.24, 2.45) is 5.92 Å². The number of para-hydroxylation sites is 1. The first-order valence-corrected chi connectivity index (χ1v) is 9.46. The van der Waals surface area contributed by atoms with E-state index >= 15 is 0 Å². The number of ether oxygens (including phenoxy) is 1. The number of amides is 2. The number of aryl methyl sites for hydroxylation is 1. The van der Waals surface area contributed by atoms with E-state index in [1.165, 1.54) is 5.56 Å². The third-order valence-corrected chi connectivity index (χ3v) is 4.94. The smallest absolute Gasteiger partial charge is 0.311 e. The topological polar surface area (TPSA) is 75.7 Å². The molecule has 1 saturated heterocycles. The average molecular weight is 401 g/mol. The van der Waals surface area contributed by atoms with Gasteiger partial charge in [-0.15, -0.1) is 0 Å². The molecule has 2 aromatic carbocycles. The lowest BCUT2D eigenvalue weighted by Gasteiger charge is -2.17. The summed E-state index contributed by atoms with van der Waals surface area (Å²) >= 11 is 5.98. The summed E-state index contributed by atoms with van der Waals surface area (Å²) in [5, 5.41) is 2.98. The Morgan fingerprint density at radius 3 is 2.57 bits per heavy atom. The molecule has 1 N–H and O–H groups in total. The molecule has 28 heavy (non-hydrogen) atoms. The van der Waals surface area contributed by atoms with Crippen LogP contribution in [0.5, 0.6) is 0 Å². The van der Waals surface area contributed by atoms with E-state index in [4.69, 9.17) is 16.3 Å². The molecule has 0 radical (unpaired) electrons. The van der Waals surface area contributed by atoms with Crippen molar-refractivity contribution in [3.05, 3.63) is 59.1 Å². The lowest BCUT2D eigenvalue weighted by molar-refractivity contribution is -0.151. The monoisotopic (exact) mass is 400 g/mol. The molecule has 1 aliphatic rings. The Morgan fingerprint density at radius 2 is 1.89 bits per heavy atom. The number of nitrogens with one attached hydrogen (secondary N) is 1. The predicted molar refractivity (Wildman–Crippen MR) is 107 cm³/mol. The van der Waals surface area contributed by atoms with Crippen molar-refractivity contribution in [3.8, 4) is 0 Å². The first-order chi connectivity index (χ1) is 13.5. The maximum Gasteiger partial charge on any atom is 0.311 e. The zero-order valence-electron chi connectivity index (χ0n) is 15.5. The van der Waals surface area contributed by atoms with Crippen LogP contribution in [0.1, 0.15) is 18.9 Å². The van der Waals surface area contributed by atoms with E-state index in [-0.39, 0.29) is 18.9 Å². The second-order valence-corrected chi connectivity index (χ2v) is 6.97. The molecule has 0 unspecified atom stereocenters. The van der Waals surface area contributed by atoms with Crippen molar-refractivity contribution in [3.63, 3.8) is 0 Å². The SMILES string of the molecule is CCc1ccc(N2C[C@H](C(=O)OCC(=O)Nc3ccccc3Cl)CC2=O)cc1. The Kier molecular flexibility index (Phi) is 6.31. The lowest BCUT2D eigenvalue weighted by Crippen LogP contribution is -2.28. The number of benzene rings is 2. The molecule has 0 bridgehead atoms. The molecule has 3 rings (SSSR count). The van der Waals surface area contributed by atoms with Gasteiger partial charge in [-0.2, -0.15) is 0 Å². The van der Waals surface area contributed by atoms with E-state index in [9.17, 15) is 14.4 Å². The summed E-state index contributed by atoms with van der Waals surface area (Å²) in [6.07, 6.45) is 0.986. The van der Waals surface area contributed by atoms with Crippen LogP contribution in [0, 0.1) is 5.92 Å². The van der Waals surface area contributed by atoms with Crippen molar-refractivity contribution in [1.82, 2.24) is 0 Å². The van der Waals surface area contributed by atoms with Gasteiger partial charge < -0.3 is 15.0 Å². The van der Waals surface area contributed by atoms with Gasteiger partial charge in [-0.25, -0.2) is 0 Å². The molecule has 0 aliphatic carbocycles. The van der Waals surface area contributed by atoms with Crippen LogP contribution in [-0.2, 0) is 25.5 Å². The zero-order chi connectivity index (χ0) is 20.1. The lowest BCUT2D eigenvalue weighted by atomic mass is 10.1. The second-order valence-electron chi connectivity index (χ2n) is 6.56. The van der Waals surface area contributed by atoms with Gasteiger partial charge in [0.1, 0.15) is 0 Å². The number of nitrogens with zero attached hydrogens (tertiary/aromatic N) is 1. The molecule has 0 aromatic heterocycles. The molecular weight excluding hydrogens is 380 g/mol. The molecule has 1 heterocycles. The van der Waals surface area contributed by atoms with E-state index in [1.54, 1.807) is 29.2 Å². The van der Waals surface area contributed by atoms with Crippen molar-refractivity contribution in [2.75, 3.05) is 23.4 Å². The molecule has 2 aromatic rings. The summed E-state index contributed by atoms with van der Waals surface area (Å²) < 4.78 is 5.10. The first kappa shape index (κ1) is 19.9. The van der Waals surface area contributed by atoms with Gasteiger partial charge in [0.2, 0.25) is 5.91 Å². The molecule has 0 spiro atoms. The molecule has 146 valence electrons. The van der Waals surface area contributed by atoms with Crippen LogP contribution in [-0.4, -0.2) is 30.9 Å². The summed E-state index contributed by atoms with van der Waals surface area (Å²) in [7, 11) is 0. The number of carbonyl (C=O) groups is 3. The highest BCUT2D eigenvalue weighted by Gasteiger charge is 2.36. The minimum absolute atomic E-state index is 0.0699. The predicted octanol–water partition coefficient (Wildman–Crippen LogP) is 3.44. The van der Waals surface area contributed by atoms with E-state index in [2.05, 4.69) is 12.2 Å². The maximum atomic E-state index is 12.3. The van der Waals surface area contributed by atoms with Gasteiger partial charge in [-0.05, 0) is 36.2 Å². The third-order valence-electron chi connectivity index (χ3n) is 4.61. The Morgan fingerprint density at radius 1 is 1.18 bits per heavy atom. The molecule has 2 amide bonds. The van der Waals surface area contributed by atoms with Crippen molar-refractivity contribution >= 4 is 40.8 Å². The molecule has 7 heteroatoms. The maximum absolute atomic E-state index is 12.3. The number of rotatable bonds is 6. The molecule has 1 fully saturated rings. The van der Waals surface area contributed by atoms with Crippen molar-refractivity contribution in [1.29, 1.82) is 0 Å². The Balaban J connectivity index is 1.52. The Labute approximate surface area is 168 Å². The van der Waals surface area contributed by atoms with Crippen LogP contribution >= 0.6 is 11.6 Å². The Bertz CT molecular complexity index is 882. The van der Waals surface area contributed by atoms with Crippen LogP contribution < -0.4 is 10.2 Å². The molecule has 1 aliphatic heterocycles. The molecule has 0 saturated carbocycles. The normalized spacial score (nSPS) is 16.1. The third kappa shape index (κ3) is 4.70. The van der Waals surface area contributed by atoms with Gasteiger partial charge in [-0.3, -0.25) is 14.4 Å². The average Bonchev–Trinajstić information content (AvgIpc) is 3.10. The number of carbonyl (C=O) groups excluding carboxylic acids is 3. The fourth-order valence-corrected chi connectivity index (χ4v) is 3.21. The fourth-order valence-electron chi connectivity index (χ4n) is 3.03. The highest BCUT2D eigenvalue weighted by molar-refractivity contribution is 6.33. The largest absolute Gasteiger partial charge is 0.455 e. The van der Waals surface area contributed by atoms with Gasteiger partial charge >= 0.3 is 5.97 Å². The van der Waals surface area contributed by atoms with E-state index in [0.717, 1.165) is 12.1 Å². The van der Waals surface area contributed by atoms with E-state index in [0.29, 0.717) is 10.7 Å². The van der Waals surface area contributed by atoms with Gasteiger partial charge in [-0.1, -0.05) is 42.8 Å². The number of esters is 1. The Hall–Kier alpha value is -2.86. The van der Waals surface area contributed by atoms with E-state index in [1.807, 2.05) is 24.3 Å². The van der Waals surface area contributed by atoms with Crippen LogP contribution in [0.4, 0.5) is 11.4 Å². The van der Waals surface area contributed by atoms with Gasteiger partial charge in [0.05, 0.1) is 16.6 Å².